The third kappa shape index (κ3) is 3.74. The molecule has 14 heavy (non-hydrogen) atoms. The van der Waals surface area contributed by atoms with Gasteiger partial charge in [-0.25, -0.2) is 4.98 Å². The van der Waals surface area contributed by atoms with Gasteiger partial charge in [0.1, 0.15) is 0 Å². The minimum atomic E-state index is 0.258. The number of rotatable bonds is 6. The van der Waals surface area contributed by atoms with Crippen LogP contribution in [0.1, 0.15) is 24.5 Å². The van der Waals surface area contributed by atoms with Crippen molar-refractivity contribution < 1.29 is 4.74 Å². The molecule has 0 bridgehead atoms. The summed E-state index contributed by atoms with van der Waals surface area (Å²) in [6.45, 7) is 6.02. The molecule has 0 amide bonds. The van der Waals surface area contributed by atoms with Gasteiger partial charge in [-0.3, -0.25) is 0 Å². The van der Waals surface area contributed by atoms with Crippen molar-refractivity contribution in [2.24, 2.45) is 0 Å². The molecule has 3 nitrogen and oxygen atoms in total. The van der Waals surface area contributed by atoms with Gasteiger partial charge in [0.25, 0.3) is 0 Å². The molecule has 0 aromatic carbocycles. The predicted octanol–water partition coefficient (Wildman–Crippen LogP) is 1.83. The lowest BCUT2D eigenvalue weighted by Crippen LogP contribution is -2.12. The first-order valence-electron chi connectivity index (χ1n) is 4.93. The molecule has 0 saturated carbocycles. The van der Waals surface area contributed by atoms with Gasteiger partial charge in [-0.05, 0) is 13.5 Å². The predicted molar refractivity (Wildman–Crippen MR) is 59.7 cm³/mol. The molecule has 80 valence electrons. The van der Waals surface area contributed by atoms with E-state index in [1.807, 2.05) is 0 Å². The van der Waals surface area contributed by atoms with E-state index >= 15 is 0 Å². The molecule has 1 heterocycles. The summed E-state index contributed by atoms with van der Waals surface area (Å²) in [4.78, 5) is 4.51. The van der Waals surface area contributed by atoms with Crippen LogP contribution in [0.15, 0.2) is 5.38 Å². The molecule has 0 radical (unpaired) electrons. The van der Waals surface area contributed by atoms with Crippen LogP contribution < -0.4 is 5.32 Å². The van der Waals surface area contributed by atoms with E-state index in [0.717, 1.165) is 30.2 Å². The first-order chi connectivity index (χ1) is 6.76. The second kappa shape index (κ2) is 6.11. The highest BCUT2D eigenvalue weighted by molar-refractivity contribution is 7.09. The molecule has 0 spiro atoms. The number of hydrogen-bond acceptors (Lipinski definition) is 4. The molecular formula is C10H18N2OS. The van der Waals surface area contributed by atoms with Gasteiger partial charge in [-0.2, -0.15) is 0 Å². The van der Waals surface area contributed by atoms with Crippen molar-refractivity contribution >= 4 is 11.3 Å². The zero-order valence-corrected chi connectivity index (χ0v) is 9.86. The van der Waals surface area contributed by atoms with Crippen LogP contribution in [0, 0.1) is 0 Å². The smallest absolute Gasteiger partial charge is 0.0954 e. The average Bonchev–Trinajstić information content (AvgIpc) is 2.62. The van der Waals surface area contributed by atoms with E-state index in [4.69, 9.17) is 4.74 Å². The molecule has 1 N–H and O–H groups in total. The van der Waals surface area contributed by atoms with Crippen molar-refractivity contribution in [3.05, 3.63) is 16.1 Å². The molecule has 1 unspecified atom stereocenters. The van der Waals surface area contributed by atoms with E-state index in [2.05, 4.69) is 29.5 Å². The molecule has 0 saturated heterocycles. The van der Waals surface area contributed by atoms with Crippen LogP contribution in [0.25, 0.3) is 0 Å². The average molecular weight is 214 g/mol. The third-order valence-corrected chi connectivity index (χ3v) is 2.94. The van der Waals surface area contributed by atoms with Crippen molar-refractivity contribution in [3.63, 3.8) is 0 Å². The zero-order chi connectivity index (χ0) is 10.4. The minimum Gasteiger partial charge on any atom is -0.381 e. The summed E-state index contributed by atoms with van der Waals surface area (Å²) in [5.41, 5.74) is 1.13. The maximum Gasteiger partial charge on any atom is 0.0954 e. The van der Waals surface area contributed by atoms with Gasteiger partial charge >= 0.3 is 0 Å². The Morgan fingerprint density at radius 2 is 2.43 bits per heavy atom. The summed E-state index contributed by atoms with van der Waals surface area (Å²) in [5.74, 6) is 0. The fourth-order valence-electron chi connectivity index (χ4n) is 1.11. The maximum absolute atomic E-state index is 5.20. The van der Waals surface area contributed by atoms with Gasteiger partial charge in [0.05, 0.1) is 16.8 Å². The second-order valence-electron chi connectivity index (χ2n) is 3.26. The summed E-state index contributed by atoms with van der Waals surface area (Å²) in [5, 5.41) is 6.53. The molecule has 0 aliphatic carbocycles. The maximum atomic E-state index is 5.20. The van der Waals surface area contributed by atoms with Crippen LogP contribution >= 0.6 is 11.3 Å². The van der Waals surface area contributed by atoms with Crippen molar-refractivity contribution in [2.75, 3.05) is 13.7 Å². The van der Waals surface area contributed by atoms with Crippen LogP contribution in [0.5, 0.6) is 0 Å². The number of hydrogen-bond donors (Lipinski definition) is 1. The zero-order valence-electron chi connectivity index (χ0n) is 9.04. The van der Waals surface area contributed by atoms with Gasteiger partial charge in [0.2, 0.25) is 0 Å². The summed E-state index contributed by atoms with van der Waals surface area (Å²) in [6.07, 6.45) is 1.17. The Morgan fingerprint density at radius 3 is 3.07 bits per heavy atom. The van der Waals surface area contributed by atoms with E-state index in [9.17, 15) is 0 Å². The number of ether oxygens (including phenoxy) is 1. The fourth-order valence-corrected chi connectivity index (χ4v) is 2.02. The Balaban J connectivity index is 2.42. The van der Waals surface area contributed by atoms with Crippen LogP contribution in [-0.4, -0.2) is 24.7 Å². The Hall–Kier alpha value is -0.450. The normalized spacial score (nSPS) is 13.1. The largest absolute Gasteiger partial charge is 0.381 e. The van der Waals surface area contributed by atoms with Gasteiger partial charge in [-0.15, -0.1) is 11.3 Å². The molecule has 1 aromatic heterocycles. The number of thiazole rings is 1. The topological polar surface area (TPSA) is 34.1 Å². The molecule has 0 fully saturated rings. The molecule has 1 atom stereocenters. The summed E-state index contributed by atoms with van der Waals surface area (Å²) >= 11 is 1.71. The van der Waals surface area contributed by atoms with E-state index in [0.29, 0.717) is 0 Å². The summed E-state index contributed by atoms with van der Waals surface area (Å²) in [7, 11) is 1.73. The van der Waals surface area contributed by atoms with Crippen molar-refractivity contribution in [2.45, 2.75) is 32.9 Å². The Morgan fingerprint density at radius 1 is 1.64 bits per heavy atom. The van der Waals surface area contributed by atoms with Crippen LogP contribution in [-0.2, 0) is 17.7 Å². The highest BCUT2D eigenvalue weighted by Gasteiger charge is 2.06. The first-order valence-corrected chi connectivity index (χ1v) is 5.81. The Kier molecular flexibility index (Phi) is 5.07. The standard InChI is InChI=1S/C10H18N2OS/c1-4-11-6-9-7-14-10(12-9)5-8(2)13-3/h7-8,11H,4-6H2,1-3H3. The van der Waals surface area contributed by atoms with Gasteiger partial charge < -0.3 is 10.1 Å². The Bertz CT molecular complexity index is 262. The summed E-state index contributed by atoms with van der Waals surface area (Å²) < 4.78 is 5.20. The van der Waals surface area contributed by atoms with Crippen molar-refractivity contribution in [1.29, 1.82) is 0 Å². The highest BCUT2D eigenvalue weighted by atomic mass is 32.1. The lowest BCUT2D eigenvalue weighted by Gasteiger charge is -2.05. The first kappa shape index (κ1) is 11.6. The number of nitrogens with one attached hydrogen (secondary N) is 1. The van der Waals surface area contributed by atoms with Crippen LogP contribution in [0.3, 0.4) is 0 Å². The SMILES string of the molecule is CCNCc1csc(CC(C)OC)n1. The van der Waals surface area contributed by atoms with Crippen LogP contribution in [0.4, 0.5) is 0 Å². The number of aromatic nitrogens is 1. The summed E-state index contributed by atoms with van der Waals surface area (Å²) in [6, 6.07) is 0. The molecule has 0 aliphatic rings. The van der Waals surface area contributed by atoms with Gasteiger partial charge in [0.15, 0.2) is 0 Å². The minimum absolute atomic E-state index is 0.258. The number of nitrogens with zero attached hydrogens (tertiary/aromatic N) is 1. The molecule has 1 aromatic rings. The molecular weight excluding hydrogens is 196 g/mol. The van der Waals surface area contributed by atoms with E-state index < -0.39 is 0 Å². The van der Waals surface area contributed by atoms with E-state index in [1.54, 1.807) is 18.4 Å². The van der Waals surface area contributed by atoms with Crippen molar-refractivity contribution in [3.8, 4) is 0 Å². The monoisotopic (exact) mass is 214 g/mol. The second-order valence-corrected chi connectivity index (χ2v) is 4.21. The quantitative estimate of drug-likeness (QED) is 0.784. The van der Waals surface area contributed by atoms with Gasteiger partial charge in [0, 0.05) is 25.5 Å². The van der Waals surface area contributed by atoms with E-state index in [1.165, 1.54) is 0 Å². The lowest BCUT2D eigenvalue weighted by molar-refractivity contribution is 0.118. The molecule has 0 aliphatic heterocycles. The third-order valence-electron chi connectivity index (χ3n) is 2.02. The van der Waals surface area contributed by atoms with Gasteiger partial charge in [-0.1, -0.05) is 6.92 Å². The number of methoxy groups -OCH3 is 1. The lowest BCUT2D eigenvalue weighted by atomic mass is 10.3. The van der Waals surface area contributed by atoms with Crippen molar-refractivity contribution in [1.82, 2.24) is 10.3 Å². The Labute approximate surface area is 89.5 Å². The fraction of sp³-hybridized carbons (Fsp3) is 0.700. The van der Waals surface area contributed by atoms with Crippen LogP contribution in [0.2, 0.25) is 0 Å². The highest BCUT2D eigenvalue weighted by Crippen LogP contribution is 2.12. The molecule has 4 heteroatoms. The molecule has 1 rings (SSSR count). The van der Waals surface area contributed by atoms with E-state index in [-0.39, 0.29) is 6.10 Å².